The second kappa shape index (κ2) is 1.91. The van der Waals surface area contributed by atoms with Crippen LogP contribution in [-0.2, 0) is 0 Å². The van der Waals surface area contributed by atoms with Crippen molar-refractivity contribution in [3.05, 3.63) is 0 Å². The molecular weight excluding hydrogens is 136 g/mol. The van der Waals surface area contributed by atoms with Crippen molar-refractivity contribution in [2.24, 2.45) is 11.3 Å². The van der Waals surface area contributed by atoms with E-state index in [1.54, 1.807) is 0 Å². The predicted octanol–water partition coefficient (Wildman–Crippen LogP) is 1.25. The molecule has 2 rings (SSSR count). The maximum absolute atomic E-state index is 12.3. The van der Waals surface area contributed by atoms with Gasteiger partial charge >= 0.3 is 0 Å². The van der Waals surface area contributed by atoms with Gasteiger partial charge in [-0.1, -0.05) is 0 Å². The fourth-order valence-electron chi connectivity index (χ4n) is 1.96. The Kier molecular flexibility index (Phi) is 1.24. The Bertz CT molecular complexity index is 149. The van der Waals surface area contributed by atoms with Crippen molar-refractivity contribution in [3.63, 3.8) is 0 Å². The second-order valence-corrected chi connectivity index (χ2v) is 3.39. The number of alkyl halides is 2. The van der Waals surface area contributed by atoms with Gasteiger partial charge in [-0.05, 0) is 31.8 Å². The minimum Gasteiger partial charge on any atom is -0.316 e. The van der Waals surface area contributed by atoms with Gasteiger partial charge in [-0.3, -0.25) is 0 Å². The topological polar surface area (TPSA) is 12.0 Å². The predicted molar refractivity (Wildman–Crippen MR) is 34.0 cm³/mol. The van der Waals surface area contributed by atoms with E-state index in [1.807, 2.05) is 0 Å². The quantitative estimate of drug-likeness (QED) is 0.588. The molecule has 1 aliphatic heterocycles. The summed E-state index contributed by atoms with van der Waals surface area (Å²) >= 11 is 0. The fourth-order valence-corrected chi connectivity index (χ4v) is 1.96. The first-order chi connectivity index (χ1) is 4.76. The lowest BCUT2D eigenvalue weighted by atomic mass is 9.97. The highest BCUT2D eigenvalue weighted by molar-refractivity contribution is 5.07. The molecule has 2 atom stereocenters. The molecule has 0 aromatic carbocycles. The van der Waals surface area contributed by atoms with Crippen molar-refractivity contribution in [1.29, 1.82) is 0 Å². The summed E-state index contributed by atoms with van der Waals surface area (Å²) in [6.07, 6.45) is -0.660. The summed E-state index contributed by atoms with van der Waals surface area (Å²) in [4.78, 5) is 0. The van der Waals surface area contributed by atoms with Crippen LogP contribution < -0.4 is 5.32 Å². The summed E-state index contributed by atoms with van der Waals surface area (Å²) in [7, 11) is 0. The molecule has 0 spiro atoms. The highest BCUT2D eigenvalue weighted by atomic mass is 19.3. The molecule has 0 aromatic rings. The third kappa shape index (κ3) is 0.698. The summed E-state index contributed by atoms with van der Waals surface area (Å²) in [6.45, 7) is 1.59. The molecule has 1 nitrogen and oxygen atoms in total. The molecule has 1 heterocycles. The number of rotatable bonds is 1. The first-order valence-electron chi connectivity index (χ1n) is 3.74. The first-order valence-corrected chi connectivity index (χ1v) is 3.74. The summed E-state index contributed by atoms with van der Waals surface area (Å²) < 4.78 is 24.6. The molecule has 0 aromatic heterocycles. The number of hydrogen-bond acceptors (Lipinski definition) is 1. The van der Waals surface area contributed by atoms with Gasteiger partial charge in [0.15, 0.2) is 0 Å². The number of hydrogen-bond donors (Lipinski definition) is 1. The van der Waals surface area contributed by atoms with Crippen LogP contribution >= 0.6 is 0 Å². The van der Waals surface area contributed by atoms with E-state index in [4.69, 9.17) is 0 Å². The molecule has 0 bridgehead atoms. The van der Waals surface area contributed by atoms with E-state index in [1.165, 1.54) is 0 Å². The van der Waals surface area contributed by atoms with Crippen LogP contribution in [0, 0.1) is 11.3 Å². The van der Waals surface area contributed by atoms with Gasteiger partial charge in [-0.15, -0.1) is 0 Å². The van der Waals surface area contributed by atoms with Gasteiger partial charge in [0.05, 0.1) is 0 Å². The van der Waals surface area contributed by atoms with Gasteiger partial charge in [0.25, 0.3) is 0 Å². The van der Waals surface area contributed by atoms with Crippen molar-refractivity contribution in [2.75, 3.05) is 13.1 Å². The molecule has 1 N–H and O–H groups in total. The molecule has 10 heavy (non-hydrogen) atoms. The molecule has 3 heteroatoms. The van der Waals surface area contributed by atoms with E-state index < -0.39 is 11.8 Å². The minimum atomic E-state index is -2.08. The normalized spacial score (nSPS) is 45.3. The molecule has 2 fully saturated rings. The van der Waals surface area contributed by atoms with E-state index in [0.717, 1.165) is 19.5 Å². The molecule has 0 radical (unpaired) electrons. The van der Waals surface area contributed by atoms with Crippen LogP contribution in [0.4, 0.5) is 8.78 Å². The first kappa shape index (κ1) is 6.53. The Labute approximate surface area is 58.8 Å². The van der Waals surface area contributed by atoms with Gasteiger partial charge in [0, 0.05) is 5.41 Å². The van der Waals surface area contributed by atoms with E-state index in [9.17, 15) is 8.78 Å². The van der Waals surface area contributed by atoms with Crippen LogP contribution in [-0.4, -0.2) is 19.5 Å². The molecule has 2 unspecified atom stereocenters. The summed E-state index contributed by atoms with van der Waals surface area (Å²) in [5, 5.41) is 3.12. The van der Waals surface area contributed by atoms with Crippen LogP contribution in [0.3, 0.4) is 0 Å². The van der Waals surface area contributed by atoms with Crippen molar-refractivity contribution >= 4 is 0 Å². The van der Waals surface area contributed by atoms with Gasteiger partial charge in [0.2, 0.25) is 6.43 Å². The zero-order chi connectivity index (χ0) is 7.19. The van der Waals surface area contributed by atoms with Crippen LogP contribution in [0.2, 0.25) is 0 Å². The highest BCUT2D eigenvalue weighted by Gasteiger charge is 2.60. The van der Waals surface area contributed by atoms with Crippen LogP contribution in [0.5, 0.6) is 0 Å². The number of piperidine rings is 1. The lowest BCUT2D eigenvalue weighted by Gasteiger charge is -2.21. The second-order valence-electron chi connectivity index (χ2n) is 3.39. The zero-order valence-corrected chi connectivity index (χ0v) is 5.74. The largest absolute Gasteiger partial charge is 0.316 e. The molecular formula is C7H11F2N. The van der Waals surface area contributed by atoms with Gasteiger partial charge in [-0.2, -0.15) is 0 Å². The molecule has 1 saturated carbocycles. The van der Waals surface area contributed by atoms with Crippen LogP contribution in [0.15, 0.2) is 0 Å². The molecule has 2 aliphatic rings. The van der Waals surface area contributed by atoms with E-state index in [-0.39, 0.29) is 5.92 Å². The van der Waals surface area contributed by atoms with Crippen LogP contribution in [0.1, 0.15) is 12.8 Å². The van der Waals surface area contributed by atoms with Gasteiger partial charge in [0.1, 0.15) is 0 Å². The van der Waals surface area contributed by atoms with Gasteiger partial charge in [-0.25, -0.2) is 8.78 Å². The standard InChI is InChI=1S/C7H11F2N/c8-6(9)7-1-2-10-4-5(7)3-7/h5-6,10H,1-4H2. The molecule has 0 amide bonds. The Morgan fingerprint density at radius 1 is 1.50 bits per heavy atom. The van der Waals surface area contributed by atoms with E-state index >= 15 is 0 Å². The maximum Gasteiger partial charge on any atom is 0.244 e. The molecule has 58 valence electrons. The average molecular weight is 147 g/mol. The molecule has 1 aliphatic carbocycles. The highest BCUT2D eigenvalue weighted by Crippen LogP contribution is 2.59. The monoisotopic (exact) mass is 147 g/mol. The number of halogens is 2. The SMILES string of the molecule is FC(F)C12CCNCC1C2. The number of fused-ring (bicyclic) bond motifs is 1. The average Bonchev–Trinajstić information content (AvgIpc) is 2.61. The summed E-state index contributed by atoms with van der Waals surface area (Å²) in [5.74, 6) is 0.279. The number of nitrogens with one attached hydrogen (secondary N) is 1. The molecule has 1 saturated heterocycles. The van der Waals surface area contributed by atoms with Crippen molar-refractivity contribution < 1.29 is 8.78 Å². The van der Waals surface area contributed by atoms with Gasteiger partial charge < -0.3 is 5.32 Å². The fraction of sp³-hybridized carbons (Fsp3) is 1.00. The summed E-state index contributed by atoms with van der Waals surface area (Å²) in [6, 6.07) is 0. The van der Waals surface area contributed by atoms with E-state index in [2.05, 4.69) is 5.32 Å². The third-order valence-corrected chi connectivity index (χ3v) is 2.87. The zero-order valence-electron chi connectivity index (χ0n) is 5.74. The Balaban J connectivity index is 2.05. The lowest BCUT2D eigenvalue weighted by Crippen LogP contribution is -2.32. The Morgan fingerprint density at radius 3 is 2.80 bits per heavy atom. The van der Waals surface area contributed by atoms with Crippen LogP contribution in [0.25, 0.3) is 0 Å². The minimum absolute atomic E-state index is 0.279. The van der Waals surface area contributed by atoms with Crippen molar-refractivity contribution in [2.45, 2.75) is 19.3 Å². The van der Waals surface area contributed by atoms with Crippen molar-refractivity contribution in [1.82, 2.24) is 5.32 Å². The third-order valence-electron chi connectivity index (χ3n) is 2.87. The maximum atomic E-state index is 12.3. The Hall–Kier alpha value is -0.180. The lowest BCUT2D eigenvalue weighted by molar-refractivity contribution is 0.0397. The van der Waals surface area contributed by atoms with E-state index in [0.29, 0.717) is 6.42 Å². The summed E-state index contributed by atoms with van der Waals surface area (Å²) in [5.41, 5.74) is -0.550. The Morgan fingerprint density at radius 2 is 2.30 bits per heavy atom. The van der Waals surface area contributed by atoms with Crippen molar-refractivity contribution in [3.8, 4) is 0 Å². The smallest absolute Gasteiger partial charge is 0.244 e.